The van der Waals surface area contributed by atoms with Crippen LogP contribution in [0, 0.1) is 0 Å². The molecule has 0 unspecified atom stereocenters. The molecule has 0 aliphatic rings. The molecule has 1 heterocycles. The number of benzene rings is 1. The Bertz CT molecular complexity index is 630. The molecule has 2 rings (SSSR count). The molecule has 0 atom stereocenters. The Morgan fingerprint density at radius 1 is 1.13 bits per heavy atom. The molecule has 0 fully saturated rings. The predicted octanol–water partition coefficient (Wildman–Crippen LogP) is 4.88. The van der Waals surface area contributed by atoms with E-state index in [1.165, 1.54) is 12.1 Å². The molecular formula is C16H21F3N2OSi. The van der Waals surface area contributed by atoms with E-state index in [9.17, 15) is 13.2 Å². The third-order valence-electron chi connectivity index (χ3n) is 3.41. The Hall–Kier alpha value is -1.60. The summed E-state index contributed by atoms with van der Waals surface area (Å²) in [4.78, 5) is 4.22. The molecule has 0 bridgehead atoms. The first kappa shape index (κ1) is 17.7. The molecular weight excluding hydrogens is 321 g/mol. The largest absolute Gasteiger partial charge is 0.416 e. The number of alkyl halides is 3. The second-order valence-electron chi connectivity index (χ2n) is 6.64. The van der Waals surface area contributed by atoms with Gasteiger partial charge in [-0.1, -0.05) is 31.8 Å². The van der Waals surface area contributed by atoms with Gasteiger partial charge in [0, 0.05) is 32.6 Å². The van der Waals surface area contributed by atoms with E-state index in [2.05, 4.69) is 24.6 Å². The maximum Gasteiger partial charge on any atom is 0.416 e. The number of aromatic nitrogens is 2. The number of hydrogen-bond acceptors (Lipinski definition) is 2. The maximum atomic E-state index is 12.6. The highest BCUT2D eigenvalue weighted by Gasteiger charge is 2.30. The van der Waals surface area contributed by atoms with E-state index >= 15 is 0 Å². The smallest absolute Gasteiger partial charge is 0.361 e. The van der Waals surface area contributed by atoms with E-state index in [1.54, 1.807) is 17.0 Å². The van der Waals surface area contributed by atoms with Crippen LogP contribution in [0.5, 0.6) is 0 Å². The van der Waals surface area contributed by atoms with E-state index < -0.39 is 19.8 Å². The fourth-order valence-electron chi connectivity index (χ4n) is 2.02. The summed E-state index contributed by atoms with van der Waals surface area (Å²) in [6, 6.07) is 6.07. The van der Waals surface area contributed by atoms with Gasteiger partial charge in [0.2, 0.25) is 0 Å². The van der Waals surface area contributed by atoms with Crippen LogP contribution in [0.2, 0.25) is 25.7 Å². The van der Waals surface area contributed by atoms with Crippen molar-refractivity contribution in [3.63, 3.8) is 0 Å². The average Bonchev–Trinajstić information content (AvgIpc) is 2.90. The fraction of sp³-hybridized carbons (Fsp3) is 0.438. The highest BCUT2D eigenvalue weighted by atomic mass is 28.3. The van der Waals surface area contributed by atoms with Gasteiger partial charge in [0.25, 0.3) is 0 Å². The normalized spacial score (nSPS) is 12.6. The predicted molar refractivity (Wildman–Crippen MR) is 86.8 cm³/mol. The Kier molecular flexibility index (Phi) is 5.31. The third-order valence-corrected chi connectivity index (χ3v) is 5.12. The first-order chi connectivity index (χ1) is 10.7. The van der Waals surface area contributed by atoms with E-state index in [0.717, 1.165) is 18.2 Å². The van der Waals surface area contributed by atoms with Gasteiger partial charge in [0.1, 0.15) is 12.6 Å². The van der Waals surface area contributed by atoms with Crippen LogP contribution in [-0.2, 0) is 17.6 Å². The third kappa shape index (κ3) is 5.21. The zero-order valence-electron chi connectivity index (χ0n) is 13.5. The molecule has 0 spiro atoms. The number of ether oxygens (including phenoxy) is 1. The number of hydrogen-bond donors (Lipinski definition) is 0. The molecule has 0 saturated heterocycles. The maximum absolute atomic E-state index is 12.6. The van der Waals surface area contributed by atoms with Gasteiger partial charge in [-0.3, -0.25) is 0 Å². The highest BCUT2D eigenvalue weighted by Crippen LogP contribution is 2.30. The van der Waals surface area contributed by atoms with E-state index in [-0.39, 0.29) is 0 Å². The second kappa shape index (κ2) is 6.88. The summed E-state index contributed by atoms with van der Waals surface area (Å²) in [6.45, 7) is 7.87. The Morgan fingerprint density at radius 2 is 1.78 bits per heavy atom. The van der Waals surface area contributed by atoms with Crippen LogP contribution in [0.4, 0.5) is 13.2 Å². The van der Waals surface area contributed by atoms with Crippen LogP contribution in [0.1, 0.15) is 5.56 Å². The van der Waals surface area contributed by atoms with Crippen molar-refractivity contribution in [3.8, 4) is 11.4 Å². The molecule has 0 N–H and O–H groups in total. The molecule has 0 amide bonds. The zero-order chi connectivity index (χ0) is 17.1. The lowest BCUT2D eigenvalue weighted by Gasteiger charge is -2.16. The topological polar surface area (TPSA) is 27.1 Å². The van der Waals surface area contributed by atoms with Gasteiger partial charge in [-0.05, 0) is 18.2 Å². The van der Waals surface area contributed by atoms with Crippen molar-refractivity contribution in [1.29, 1.82) is 0 Å². The van der Waals surface area contributed by atoms with E-state index in [4.69, 9.17) is 4.74 Å². The van der Waals surface area contributed by atoms with Gasteiger partial charge in [-0.25, -0.2) is 4.98 Å². The van der Waals surface area contributed by atoms with Gasteiger partial charge < -0.3 is 9.30 Å². The molecule has 0 saturated carbocycles. The SMILES string of the molecule is C[Si](C)(C)CCOCn1ccnc1-c1ccc(C(F)(F)F)cc1. The lowest BCUT2D eigenvalue weighted by atomic mass is 10.1. The van der Waals surface area contributed by atoms with Gasteiger partial charge in [-0.15, -0.1) is 0 Å². The van der Waals surface area contributed by atoms with Crippen molar-refractivity contribution in [2.45, 2.75) is 38.6 Å². The Morgan fingerprint density at radius 3 is 2.35 bits per heavy atom. The number of imidazole rings is 1. The van der Waals surface area contributed by atoms with Crippen LogP contribution in [0.25, 0.3) is 11.4 Å². The molecule has 7 heteroatoms. The number of halogens is 3. The second-order valence-corrected chi connectivity index (χ2v) is 12.3. The minimum Gasteiger partial charge on any atom is -0.361 e. The van der Waals surface area contributed by atoms with E-state index in [1.807, 2.05) is 0 Å². The molecule has 0 aliphatic heterocycles. The number of nitrogens with zero attached hydrogens (tertiary/aromatic N) is 2. The molecule has 3 nitrogen and oxygen atoms in total. The van der Waals surface area contributed by atoms with Crippen molar-refractivity contribution in [3.05, 3.63) is 42.2 Å². The Labute approximate surface area is 135 Å². The lowest BCUT2D eigenvalue weighted by molar-refractivity contribution is -0.137. The summed E-state index contributed by atoms with van der Waals surface area (Å²) in [5.74, 6) is 0.603. The van der Waals surface area contributed by atoms with Gasteiger partial charge >= 0.3 is 6.18 Å². The van der Waals surface area contributed by atoms with Crippen LogP contribution < -0.4 is 0 Å². The van der Waals surface area contributed by atoms with Gasteiger partial charge in [0.15, 0.2) is 0 Å². The van der Waals surface area contributed by atoms with Gasteiger partial charge in [0.05, 0.1) is 5.56 Å². The monoisotopic (exact) mass is 342 g/mol. The first-order valence-corrected chi connectivity index (χ1v) is 11.1. The summed E-state index contributed by atoms with van der Waals surface area (Å²) in [6.07, 6.45) is -0.940. The van der Waals surface area contributed by atoms with Crippen molar-refractivity contribution in [2.24, 2.45) is 0 Å². The minimum absolute atomic E-state index is 0.348. The van der Waals surface area contributed by atoms with Crippen LogP contribution in [-0.4, -0.2) is 24.2 Å². The van der Waals surface area contributed by atoms with Crippen molar-refractivity contribution < 1.29 is 17.9 Å². The van der Waals surface area contributed by atoms with Crippen LogP contribution in [0.15, 0.2) is 36.7 Å². The Balaban J connectivity index is 2.03. The molecule has 1 aromatic carbocycles. The molecule has 1 aromatic heterocycles. The summed E-state index contributed by atoms with van der Waals surface area (Å²) in [5, 5.41) is 0. The zero-order valence-corrected chi connectivity index (χ0v) is 14.5. The van der Waals surface area contributed by atoms with E-state index in [0.29, 0.717) is 24.7 Å². The highest BCUT2D eigenvalue weighted by molar-refractivity contribution is 6.76. The van der Waals surface area contributed by atoms with Crippen LogP contribution >= 0.6 is 0 Å². The summed E-state index contributed by atoms with van der Waals surface area (Å²) in [7, 11) is -1.14. The average molecular weight is 342 g/mol. The molecule has 2 aromatic rings. The summed E-state index contributed by atoms with van der Waals surface area (Å²) in [5.41, 5.74) is -0.0254. The number of rotatable bonds is 6. The molecule has 0 aliphatic carbocycles. The van der Waals surface area contributed by atoms with Crippen molar-refractivity contribution >= 4 is 8.07 Å². The molecule has 23 heavy (non-hydrogen) atoms. The van der Waals surface area contributed by atoms with Crippen molar-refractivity contribution in [1.82, 2.24) is 9.55 Å². The quantitative estimate of drug-likeness (QED) is 0.552. The first-order valence-electron chi connectivity index (χ1n) is 7.43. The summed E-state index contributed by atoms with van der Waals surface area (Å²) >= 11 is 0. The summed E-state index contributed by atoms with van der Waals surface area (Å²) < 4.78 is 45.3. The molecule has 126 valence electrons. The van der Waals surface area contributed by atoms with Gasteiger partial charge in [-0.2, -0.15) is 13.2 Å². The van der Waals surface area contributed by atoms with Crippen LogP contribution in [0.3, 0.4) is 0 Å². The minimum atomic E-state index is -4.33. The fourth-order valence-corrected chi connectivity index (χ4v) is 2.78. The van der Waals surface area contributed by atoms with Crippen molar-refractivity contribution in [2.75, 3.05) is 6.61 Å². The molecule has 0 radical (unpaired) electrons. The standard InChI is InChI=1S/C16H21F3N2OSi/c1-23(2,3)11-10-22-12-21-9-8-20-15(21)13-4-6-14(7-5-13)16(17,18)19/h4-9H,10-12H2,1-3H3. The lowest BCUT2D eigenvalue weighted by Crippen LogP contribution is -2.22.